The molecular weight excluding hydrogens is 465 g/mol. The van der Waals surface area contributed by atoms with Gasteiger partial charge < -0.3 is 19.5 Å². The quantitative estimate of drug-likeness (QED) is 0.156. The van der Waals surface area contributed by atoms with Crippen LogP contribution in [0.4, 0.5) is 0 Å². The first-order valence-electron chi connectivity index (χ1n) is 12.5. The van der Waals surface area contributed by atoms with E-state index in [1.54, 1.807) is 0 Å². The van der Waals surface area contributed by atoms with E-state index in [0.717, 1.165) is 55.1 Å². The fraction of sp³-hybridized carbons (Fsp3) is 0.226. The summed E-state index contributed by atoms with van der Waals surface area (Å²) in [4.78, 5) is 0. The number of benzene rings is 4. The van der Waals surface area contributed by atoms with Crippen LogP contribution < -0.4 is 24.8 Å². The molecule has 0 radical (unpaired) electrons. The molecule has 5 heteroatoms. The third-order valence-electron chi connectivity index (χ3n) is 5.64. The maximum Gasteiger partial charge on any atom is 0.120 e. The average molecular weight is 500 g/mol. The van der Waals surface area contributed by atoms with Gasteiger partial charge in [-0.15, -0.1) is 0 Å². The topological polar surface area (TPSA) is 39.7 Å². The Morgan fingerprint density at radius 3 is 1.89 bits per heavy atom. The van der Waals surface area contributed by atoms with Crippen molar-refractivity contribution in [2.75, 3.05) is 26.0 Å². The van der Waals surface area contributed by atoms with Gasteiger partial charge in [-0.05, 0) is 78.8 Å². The second kappa shape index (κ2) is 14.9. The Balaban J connectivity index is 1.03. The molecule has 1 unspecified atom stereocenters. The highest BCUT2D eigenvalue weighted by Crippen LogP contribution is 2.19. The molecule has 1 atom stereocenters. The third kappa shape index (κ3) is 9.37. The van der Waals surface area contributed by atoms with Crippen molar-refractivity contribution in [3.05, 3.63) is 120 Å². The summed E-state index contributed by atoms with van der Waals surface area (Å²) in [5, 5.41) is 4.82. The molecule has 0 bridgehead atoms. The first-order valence-corrected chi connectivity index (χ1v) is 13.7. The molecule has 4 nitrogen and oxygen atoms in total. The summed E-state index contributed by atoms with van der Waals surface area (Å²) in [7, 11) is 0.664. The molecule has 0 aliphatic heterocycles. The van der Waals surface area contributed by atoms with Crippen LogP contribution in [0.15, 0.2) is 109 Å². The Morgan fingerprint density at radius 2 is 1.17 bits per heavy atom. The molecule has 0 spiro atoms. The molecule has 0 aliphatic carbocycles. The molecule has 0 amide bonds. The van der Waals surface area contributed by atoms with E-state index in [0.29, 0.717) is 21.8 Å². The number of ether oxygens (including phenoxy) is 3. The summed E-state index contributed by atoms with van der Waals surface area (Å²) in [5.41, 5.74) is 2.47. The molecule has 36 heavy (non-hydrogen) atoms. The van der Waals surface area contributed by atoms with E-state index in [-0.39, 0.29) is 0 Å². The second-order valence-corrected chi connectivity index (χ2v) is 9.64. The third-order valence-corrected chi connectivity index (χ3v) is 6.67. The fourth-order valence-corrected chi connectivity index (χ4v) is 4.46. The largest absolute Gasteiger partial charge is 0.494 e. The molecule has 4 aromatic carbocycles. The zero-order valence-electron chi connectivity index (χ0n) is 20.6. The highest BCUT2D eigenvalue weighted by Gasteiger charge is 2.00. The van der Waals surface area contributed by atoms with Crippen molar-refractivity contribution in [3.8, 4) is 17.2 Å². The van der Waals surface area contributed by atoms with Gasteiger partial charge in [0.15, 0.2) is 0 Å². The number of nitrogens with one attached hydrogen (secondary N) is 1. The van der Waals surface area contributed by atoms with Gasteiger partial charge in [-0.25, -0.2) is 0 Å². The summed E-state index contributed by atoms with van der Waals surface area (Å²) in [6, 6.07) is 36.9. The Hall–Kier alpha value is -3.33. The van der Waals surface area contributed by atoms with Gasteiger partial charge in [-0.3, -0.25) is 0 Å². The highest BCUT2D eigenvalue weighted by molar-refractivity contribution is 7.46. The number of hydrogen-bond acceptors (Lipinski definition) is 4. The number of hydrogen-bond donors (Lipinski definition) is 1. The molecule has 4 aromatic rings. The van der Waals surface area contributed by atoms with Crippen LogP contribution in [0.2, 0.25) is 0 Å². The smallest absolute Gasteiger partial charge is 0.120 e. The highest BCUT2D eigenvalue weighted by atomic mass is 31.1. The molecule has 0 aliphatic rings. The van der Waals surface area contributed by atoms with E-state index in [2.05, 4.69) is 66.0 Å². The molecule has 4 rings (SSSR count). The van der Waals surface area contributed by atoms with Gasteiger partial charge >= 0.3 is 0 Å². The van der Waals surface area contributed by atoms with Crippen molar-refractivity contribution in [3.63, 3.8) is 0 Å². The Labute approximate surface area is 216 Å². The molecule has 0 aromatic heterocycles. The molecule has 0 fully saturated rings. The zero-order valence-corrected chi connectivity index (χ0v) is 21.6. The van der Waals surface area contributed by atoms with Gasteiger partial charge in [0.05, 0.1) is 6.61 Å². The van der Waals surface area contributed by atoms with Crippen LogP contribution in [0.3, 0.4) is 0 Å². The molecule has 1 N–H and O–H groups in total. The summed E-state index contributed by atoms with van der Waals surface area (Å²) >= 11 is 0. The van der Waals surface area contributed by atoms with Crippen molar-refractivity contribution in [1.29, 1.82) is 0 Å². The zero-order chi connectivity index (χ0) is 24.7. The SMILES string of the molecule is c1ccc(COc2ccc(OCCCNCCc3ccc(OCPc4ccccc4)cc3)cc2)cc1. The van der Waals surface area contributed by atoms with Crippen molar-refractivity contribution in [2.45, 2.75) is 19.4 Å². The minimum atomic E-state index is 0.569. The molecule has 0 saturated heterocycles. The number of rotatable bonds is 15. The van der Waals surface area contributed by atoms with Gasteiger partial charge in [-0.1, -0.05) is 81.4 Å². The standard InChI is InChI=1S/C31H34NO3P/c1-3-8-27(9-4-1)24-34-29-18-16-28(17-19-29)33-23-7-21-32-22-20-26-12-14-30(15-13-26)35-25-36-31-10-5-2-6-11-31/h1-6,8-19,32,36H,7,20-25H2. The van der Waals surface area contributed by atoms with Crippen molar-refractivity contribution >= 4 is 13.9 Å². The minimum Gasteiger partial charge on any atom is -0.494 e. The summed E-state index contributed by atoms with van der Waals surface area (Å²) in [5.74, 6) is 2.65. The first kappa shape index (κ1) is 25.8. The lowest BCUT2D eigenvalue weighted by Crippen LogP contribution is -2.20. The maximum atomic E-state index is 5.88. The predicted molar refractivity (Wildman–Crippen MR) is 150 cm³/mol. The van der Waals surface area contributed by atoms with E-state index in [1.807, 2.05) is 48.5 Å². The predicted octanol–water partition coefficient (Wildman–Crippen LogP) is 6.21. The average Bonchev–Trinajstić information content (AvgIpc) is 2.94. The van der Waals surface area contributed by atoms with Gasteiger partial charge in [0.25, 0.3) is 0 Å². The van der Waals surface area contributed by atoms with E-state index in [4.69, 9.17) is 14.2 Å². The van der Waals surface area contributed by atoms with Crippen LogP contribution >= 0.6 is 8.58 Å². The van der Waals surface area contributed by atoms with Gasteiger partial charge in [0, 0.05) is 0 Å². The lowest BCUT2D eigenvalue weighted by molar-refractivity contribution is 0.298. The van der Waals surface area contributed by atoms with Crippen LogP contribution in [-0.2, 0) is 13.0 Å². The van der Waals surface area contributed by atoms with E-state index >= 15 is 0 Å². The Morgan fingerprint density at radius 1 is 0.556 bits per heavy atom. The Bertz CT molecular complexity index is 1120. The van der Waals surface area contributed by atoms with Crippen LogP contribution in [0.1, 0.15) is 17.5 Å². The summed E-state index contributed by atoms with van der Waals surface area (Å²) in [6.07, 6.45) is 2.68. The molecule has 186 valence electrons. The molecular formula is C31H34NO3P. The minimum absolute atomic E-state index is 0.569. The van der Waals surface area contributed by atoms with Crippen molar-refractivity contribution in [1.82, 2.24) is 5.32 Å². The maximum absolute atomic E-state index is 5.88. The lowest BCUT2D eigenvalue weighted by Gasteiger charge is -2.10. The van der Waals surface area contributed by atoms with Gasteiger partial charge in [-0.2, -0.15) is 0 Å². The van der Waals surface area contributed by atoms with Crippen LogP contribution in [-0.4, -0.2) is 26.0 Å². The van der Waals surface area contributed by atoms with E-state index in [1.165, 1.54) is 10.9 Å². The second-order valence-electron chi connectivity index (χ2n) is 8.42. The summed E-state index contributed by atoms with van der Waals surface area (Å²) in [6.45, 7) is 3.13. The molecule has 0 heterocycles. The fourth-order valence-electron chi connectivity index (χ4n) is 3.63. The first-order chi connectivity index (χ1) is 17.8. The lowest BCUT2D eigenvalue weighted by atomic mass is 10.1. The van der Waals surface area contributed by atoms with Crippen molar-refractivity contribution < 1.29 is 14.2 Å². The monoisotopic (exact) mass is 499 g/mol. The van der Waals surface area contributed by atoms with Crippen molar-refractivity contribution in [2.24, 2.45) is 0 Å². The van der Waals surface area contributed by atoms with Crippen LogP contribution in [0, 0.1) is 0 Å². The van der Waals surface area contributed by atoms with Crippen LogP contribution in [0.5, 0.6) is 17.2 Å². The normalized spacial score (nSPS) is 11.0. The van der Waals surface area contributed by atoms with E-state index in [9.17, 15) is 0 Å². The van der Waals surface area contributed by atoms with E-state index < -0.39 is 0 Å². The van der Waals surface area contributed by atoms with Crippen LogP contribution in [0.25, 0.3) is 0 Å². The molecule has 0 saturated carbocycles. The van der Waals surface area contributed by atoms with Gasteiger partial charge in [0.2, 0.25) is 0 Å². The summed E-state index contributed by atoms with van der Waals surface area (Å²) < 4.78 is 17.6. The Kier molecular flexibility index (Phi) is 10.7. The van der Waals surface area contributed by atoms with Gasteiger partial charge in [0.1, 0.15) is 30.2 Å².